The van der Waals surface area contributed by atoms with E-state index in [1.807, 2.05) is 26.1 Å². The Balaban J connectivity index is 2.23. The zero-order valence-corrected chi connectivity index (χ0v) is 13.0. The van der Waals surface area contributed by atoms with Crippen LogP contribution in [-0.2, 0) is 6.42 Å². The zero-order chi connectivity index (χ0) is 14.7. The molecule has 1 N–H and O–H groups in total. The summed E-state index contributed by atoms with van der Waals surface area (Å²) in [5, 5.41) is 3.21. The second kappa shape index (κ2) is 6.46. The minimum absolute atomic E-state index is 0.0526. The van der Waals surface area contributed by atoms with Crippen LogP contribution in [0.5, 0.6) is 0 Å². The highest BCUT2D eigenvalue weighted by molar-refractivity contribution is 9.10. The van der Waals surface area contributed by atoms with Crippen molar-refractivity contribution in [1.82, 2.24) is 5.32 Å². The van der Waals surface area contributed by atoms with Crippen LogP contribution in [0.15, 0.2) is 40.9 Å². The average molecular weight is 340 g/mol. The van der Waals surface area contributed by atoms with E-state index in [9.17, 15) is 8.78 Å². The van der Waals surface area contributed by atoms with Crippen LogP contribution in [-0.4, -0.2) is 7.05 Å². The lowest BCUT2D eigenvalue weighted by Crippen LogP contribution is -2.19. The van der Waals surface area contributed by atoms with Gasteiger partial charge >= 0.3 is 0 Å². The summed E-state index contributed by atoms with van der Waals surface area (Å²) in [6.07, 6.45) is 0.600. The molecule has 1 unspecified atom stereocenters. The largest absolute Gasteiger partial charge is 0.313 e. The first-order valence-corrected chi connectivity index (χ1v) is 7.18. The molecule has 1 atom stereocenters. The molecule has 1 nitrogen and oxygen atoms in total. The molecule has 0 fully saturated rings. The van der Waals surface area contributed by atoms with Crippen molar-refractivity contribution in [3.8, 4) is 0 Å². The first-order valence-electron chi connectivity index (χ1n) is 6.38. The van der Waals surface area contributed by atoms with Gasteiger partial charge in [0.2, 0.25) is 0 Å². The van der Waals surface area contributed by atoms with E-state index < -0.39 is 11.6 Å². The quantitative estimate of drug-likeness (QED) is 0.862. The van der Waals surface area contributed by atoms with Crippen LogP contribution in [0.3, 0.4) is 0 Å². The monoisotopic (exact) mass is 339 g/mol. The first-order chi connectivity index (χ1) is 9.51. The van der Waals surface area contributed by atoms with Gasteiger partial charge in [0.1, 0.15) is 0 Å². The van der Waals surface area contributed by atoms with Gasteiger partial charge in [0, 0.05) is 10.5 Å². The molecule has 0 saturated heterocycles. The Morgan fingerprint density at radius 1 is 1.10 bits per heavy atom. The van der Waals surface area contributed by atoms with Crippen LogP contribution >= 0.6 is 15.9 Å². The van der Waals surface area contributed by atoms with Gasteiger partial charge in [-0.15, -0.1) is 0 Å². The lowest BCUT2D eigenvalue weighted by Gasteiger charge is -2.18. The topological polar surface area (TPSA) is 12.0 Å². The lowest BCUT2D eigenvalue weighted by atomic mass is 9.98. The molecule has 0 aliphatic heterocycles. The molecule has 106 valence electrons. The van der Waals surface area contributed by atoms with E-state index in [0.29, 0.717) is 6.42 Å². The fourth-order valence-electron chi connectivity index (χ4n) is 2.11. The Labute approximate surface area is 126 Å². The number of halogens is 3. The van der Waals surface area contributed by atoms with Gasteiger partial charge in [-0.3, -0.25) is 0 Å². The maximum atomic E-state index is 13.3. The second-order valence-corrected chi connectivity index (χ2v) is 5.66. The second-order valence-electron chi connectivity index (χ2n) is 4.80. The summed E-state index contributed by atoms with van der Waals surface area (Å²) in [6.45, 7) is 2.03. The highest BCUT2D eigenvalue weighted by Crippen LogP contribution is 2.24. The maximum absolute atomic E-state index is 13.3. The van der Waals surface area contributed by atoms with Crippen LogP contribution in [0.25, 0.3) is 0 Å². The van der Waals surface area contributed by atoms with Gasteiger partial charge in [-0.2, -0.15) is 0 Å². The minimum atomic E-state index is -0.812. The molecule has 0 saturated carbocycles. The van der Waals surface area contributed by atoms with E-state index in [0.717, 1.165) is 21.2 Å². The molecule has 0 bridgehead atoms. The molecule has 4 heteroatoms. The summed E-state index contributed by atoms with van der Waals surface area (Å²) in [7, 11) is 1.86. The third kappa shape index (κ3) is 3.44. The number of hydrogen-bond acceptors (Lipinski definition) is 1. The number of nitrogens with one attached hydrogen (secondary N) is 1. The van der Waals surface area contributed by atoms with E-state index in [-0.39, 0.29) is 6.04 Å². The molecule has 0 aliphatic carbocycles. The molecular weight excluding hydrogens is 324 g/mol. The Hall–Kier alpha value is -1.26. The van der Waals surface area contributed by atoms with Crippen molar-refractivity contribution in [2.24, 2.45) is 0 Å². The van der Waals surface area contributed by atoms with Crippen molar-refractivity contribution in [3.63, 3.8) is 0 Å². The Kier molecular flexibility index (Phi) is 4.89. The predicted molar refractivity (Wildman–Crippen MR) is 80.7 cm³/mol. The maximum Gasteiger partial charge on any atom is 0.159 e. The van der Waals surface area contributed by atoms with Gasteiger partial charge in [0.15, 0.2) is 11.6 Å². The van der Waals surface area contributed by atoms with Crippen LogP contribution in [0.1, 0.15) is 22.7 Å². The van der Waals surface area contributed by atoms with E-state index >= 15 is 0 Å². The predicted octanol–water partition coefficient (Wildman–Crippen LogP) is 4.54. The summed E-state index contributed by atoms with van der Waals surface area (Å²) in [6, 6.07) is 10.2. The van der Waals surface area contributed by atoms with Crippen LogP contribution in [0.4, 0.5) is 8.78 Å². The van der Waals surface area contributed by atoms with Gasteiger partial charge in [0.25, 0.3) is 0 Å². The molecule has 2 aromatic rings. The zero-order valence-electron chi connectivity index (χ0n) is 11.4. The normalized spacial score (nSPS) is 12.4. The van der Waals surface area contributed by atoms with Crippen molar-refractivity contribution in [3.05, 3.63) is 69.2 Å². The van der Waals surface area contributed by atoms with Gasteiger partial charge in [-0.1, -0.05) is 34.1 Å². The van der Waals surface area contributed by atoms with Crippen molar-refractivity contribution in [2.75, 3.05) is 7.05 Å². The van der Waals surface area contributed by atoms with Gasteiger partial charge in [-0.25, -0.2) is 8.78 Å². The van der Waals surface area contributed by atoms with E-state index in [1.165, 1.54) is 12.1 Å². The third-order valence-electron chi connectivity index (χ3n) is 3.37. The molecule has 0 aromatic heterocycles. The van der Waals surface area contributed by atoms with Crippen molar-refractivity contribution in [1.29, 1.82) is 0 Å². The number of likely N-dealkylation sites (N-methyl/N-ethyl adjacent to an activating group) is 1. The van der Waals surface area contributed by atoms with E-state index in [2.05, 4.69) is 27.3 Å². The van der Waals surface area contributed by atoms with Crippen LogP contribution in [0.2, 0.25) is 0 Å². The summed E-state index contributed by atoms with van der Waals surface area (Å²) in [5.41, 5.74) is 3.03. The molecule has 2 aromatic carbocycles. The van der Waals surface area contributed by atoms with Crippen LogP contribution < -0.4 is 5.32 Å². The minimum Gasteiger partial charge on any atom is -0.313 e. The summed E-state index contributed by atoms with van der Waals surface area (Å²) in [5.74, 6) is -1.62. The van der Waals surface area contributed by atoms with Crippen molar-refractivity contribution >= 4 is 15.9 Å². The molecule has 0 amide bonds. The highest BCUT2D eigenvalue weighted by atomic mass is 79.9. The number of hydrogen-bond donors (Lipinski definition) is 1. The Morgan fingerprint density at radius 3 is 2.45 bits per heavy atom. The molecular formula is C16H16BrF2N. The first kappa shape index (κ1) is 15.1. The molecule has 2 rings (SSSR count). The summed E-state index contributed by atoms with van der Waals surface area (Å²) >= 11 is 3.51. The third-order valence-corrected chi connectivity index (χ3v) is 4.22. The Morgan fingerprint density at radius 2 is 1.85 bits per heavy atom. The van der Waals surface area contributed by atoms with Crippen molar-refractivity contribution < 1.29 is 8.78 Å². The highest BCUT2D eigenvalue weighted by Gasteiger charge is 2.12. The number of benzene rings is 2. The number of aryl methyl sites for hydroxylation is 1. The SMILES string of the molecule is CNC(Cc1ccc(F)c(F)c1)c1ccc(C)c(Br)c1. The van der Waals surface area contributed by atoms with Gasteiger partial charge < -0.3 is 5.32 Å². The van der Waals surface area contributed by atoms with E-state index in [1.54, 1.807) is 6.07 Å². The van der Waals surface area contributed by atoms with Crippen LogP contribution in [0, 0.1) is 18.6 Å². The molecule has 0 radical (unpaired) electrons. The molecule has 20 heavy (non-hydrogen) atoms. The molecule has 0 spiro atoms. The average Bonchev–Trinajstić information content (AvgIpc) is 2.43. The van der Waals surface area contributed by atoms with Gasteiger partial charge in [-0.05, 0) is 55.3 Å². The molecule has 0 aliphatic rings. The van der Waals surface area contributed by atoms with Crippen molar-refractivity contribution in [2.45, 2.75) is 19.4 Å². The fourth-order valence-corrected chi connectivity index (χ4v) is 2.51. The summed E-state index contributed by atoms with van der Waals surface area (Å²) in [4.78, 5) is 0. The van der Waals surface area contributed by atoms with Gasteiger partial charge in [0.05, 0.1) is 0 Å². The number of rotatable bonds is 4. The lowest BCUT2D eigenvalue weighted by molar-refractivity contribution is 0.504. The standard InChI is InChI=1S/C16H16BrF2N/c1-10-3-5-12(9-13(10)17)16(20-2)8-11-4-6-14(18)15(19)7-11/h3-7,9,16,20H,8H2,1-2H3. The van der Waals surface area contributed by atoms with E-state index in [4.69, 9.17) is 0 Å². The smallest absolute Gasteiger partial charge is 0.159 e. The Bertz CT molecular complexity index is 613. The molecule has 0 heterocycles. The fraction of sp³-hybridized carbons (Fsp3) is 0.250. The summed E-state index contributed by atoms with van der Waals surface area (Å²) < 4.78 is 27.2.